The van der Waals surface area contributed by atoms with Crippen molar-refractivity contribution in [1.82, 2.24) is 0 Å². The zero-order chi connectivity index (χ0) is 12.8. The van der Waals surface area contributed by atoms with Gasteiger partial charge in [0, 0.05) is 23.3 Å². The molecule has 0 aliphatic heterocycles. The number of anilines is 1. The molecule has 0 unspecified atom stereocenters. The van der Waals surface area contributed by atoms with Gasteiger partial charge in [0.2, 0.25) is 0 Å². The molecular weight excluding hydrogens is 277 g/mol. The highest BCUT2D eigenvalue weighted by Gasteiger charge is 2.02. The maximum Gasteiger partial charge on any atom is 0.185 e. The van der Waals surface area contributed by atoms with Crippen LogP contribution in [-0.2, 0) is 4.79 Å². The molecule has 0 spiro atoms. The summed E-state index contributed by atoms with van der Waals surface area (Å²) in [6.45, 7) is 1.56. The summed E-state index contributed by atoms with van der Waals surface area (Å²) in [5, 5.41) is 1.14. The van der Waals surface area contributed by atoms with Gasteiger partial charge in [-0.2, -0.15) is 0 Å². The van der Waals surface area contributed by atoms with E-state index in [-0.39, 0.29) is 5.12 Å². The predicted molar refractivity (Wildman–Crippen MR) is 77.7 cm³/mol. The van der Waals surface area contributed by atoms with E-state index >= 15 is 0 Å². The Kier molecular flexibility index (Phi) is 5.89. The van der Waals surface area contributed by atoms with E-state index in [2.05, 4.69) is 0 Å². The first-order valence-electron chi connectivity index (χ1n) is 5.05. The first-order valence-corrected chi connectivity index (χ1v) is 6.79. The molecule has 0 atom stereocenters. The number of carbonyl (C=O) groups is 1. The highest BCUT2D eigenvalue weighted by molar-refractivity contribution is 8.13. The molecule has 1 rings (SSSR count). The van der Waals surface area contributed by atoms with Gasteiger partial charge in [-0.15, -0.1) is 0 Å². The second-order valence-electron chi connectivity index (χ2n) is 3.42. The van der Waals surface area contributed by atoms with Crippen LogP contribution in [0.2, 0.25) is 10.0 Å². The monoisotopic (exact) mass is 289 g/mol. The van der Waals surface area contributed by atoms with Crippen LogP contribution < -0.4 is 5.73 Å². The third-order valence-corrected chi connectivity index (χ3v) is 3.39. The van der Waals surface area contributed by atoms with Gasteiger partial charge in [0.1, 0.15) is 0 Å². The Labute approximate surface area is 115 Å². The van der Waals surface area contributed by atoms with Crippen molar-refractivity contribution in [3.05, 3.63) is 33.8 Å². The molecular formula is C12H13Cl2NOS. The number of allylic oxidation sites excluding steroid dienone is 1. The largest absolute Gasteiger partial charge is 0.397 e. The fraction of sp³-hybridized carbons (Fsp3) is 0.250. The van der Waals surface area contributed by atoms with E-state index in [1.54, 1.807) is 19.1 Å². The number of halogens is 2. The molecule has 5 heteroatoms. The molecule has 0 heterocycles. The van der Waals surface area contributed by atoms with Crippen LogP contribution in [0.5, 0.6) is 0 Å². The van der Waals surface area contributed by atoms with Gasteiger partial charge in [-0.05, 0) is 18.6 Å². The van der Waals surface area contributed by atoms with Crippen LogP contribution in [-0.4, -0.2) is 10.9 Å². The molecule has 0 fully saturated rings. The van der Waals surface area contributed by atoms with Crippen LogP contribution in [0, 0.1) is 0 Å². The molecule has 0 aliphatic rings. The van der Waals surface area contributed by atoms with Crippen molar-refractivity contribution in [3.8, 4) is 0 Å². The molecule has 0 aromatic heterocycles. The molecule has 0 radical (unpaired) electrons. The van der Waals surface area contributed by atoms with Crippen molar-refractivity contribution in [2.75, 3.05) is 11.5 Å². The van der Waals surface area contributed by atoms with Gasteiger partial charge in [-0.3, -0.25) is 4.79 Å². The number of carbonyl (C=O) groups excluding carboxylic acids is 1. The third kappa shape index (κ3) is 5.02. The summed E-state index contributed by atoms with van der Waals surface area (Å²) in [4.78, 5) is 10.7. The lowest BCUT2D eigenvalue weighted by molar-refractivity contribution is -0.109. The topological polar surface area (TPSA) is 43.1 Å². The average molecular weight is 290 g/mol. The molecule has 17 heavy (non-hydrogen) atoms. The van der Waals surface area contributed by atoms with Gasteiger partial charge in [-0.1, -0.05) is 47.1 Å². The summed E-state index contributed by atoms with van der Waals surface area (Å²) in [5.74, 6) is 0.764. The maximum absolute atomic E-state index is 10.7. The highest BCUT2D eigenvalue weighted by atomic mass is 35.5. The van der Waals surface area contributed by atoms with Crippen molar-refractivity contribution in [3.63, 3.8) is 0 Å². The molecule has 0 bridgehead atoms. The van der Waals surface area contributed by atoms with Crippen molar-refractivity contribution in [1.29, 1.82) is 0 Å². The van der Waals surface area contributed by atoms with Gasteiger partial charge in [-0.25, -0.2) is 0 Å². The van der Waals surface area contributed by atoms with Crippen LogP contribution >= 0.6 is 35.0 Å². The number of nitrogens with two attached hydrogens (primary N) is 1. The van der Waals surface area contributed by atoms with E-state index in [1.807, 2.05) is 12.2 Å². The average Bonchev–Trinajstić information content (AvgIpc) is 2.23. The predicted octanol–water partition coefficient (Wildman–Crippen LogP) is 4.26. The first-order chi connectivity index (χ1) is 8.00. The standard InChI is InChI=1S/C12H13Cl2NOS/c1-8(16)17-5-3-2-4-9-6-10(13)7-11(14)12(9)15/h2,4,6-7H,3,5,15H2,1H3. The lowest BCUT2D eigenvalue weighted by Gasteiger charge is -2.03. The van der Waals surface area contributed by atoms with E-state index < -0.39 is 0 Å². The Bertz CT molecular complexity index is 446. The Balaban J connectivity index is 2.62. The molecule has 2 N–H and O–H groups in total. The minimum atomic E-state index is 0.128. The number of hydrogen-bond donors (Lipinski definition) is 1. The summed E-state index contributed by atoms with van der Waals surface area (Å²) >= 11 is 13.1. The lowest BCUT2D eigenvalue weighted by Crippen LogP contribution is -1.90. The van der Waals surface area contributed by atoms with Gasteiger partial charge < -0.3 is 5.73 Å². The minimum absolute atomic E-state index is 0.128. The maximum atomic E-state index is 10.7. The van der Waals surface area contributed by atoms with E-state index in [0.717, 1.165) is 17.7 Å². The summed E-state index contributed by atoms with van der Waals surface area (Å²) in [6, 6.07) is 3.37. The van der Waals surface area contributed by atoms with Crippen LogP contribution in [0.25, 0.3) is 6.08 Å². The van der Waals surface area contributed by atoms with Gasteiger partial charge >= 0.3 is 0 Å². The third-order valence-electron chi connectivity index (χ3n) is 2.01. The van der Waals surface area contributed by atoms with Gasteiger partial charge in [0.05, 0.1) is 10.7 Å². The van der Waals surface area contributed by atoms with Crippen LogP contribution in [0.3, 0.4) is 0 Å². The Hall–Kier alpha value is -0.640. The number of benzene rings is 1. The Morgan fingerprint density at radius 1 is 1.47 bits per heavy atom. The molecule has 92 valence electrons. The van der Waals surface area contributed by atoms with E-state index in [9.17, 15) is 4.79 Å². The van der Waals surface area contributed by atoms with E-state index in [4.69, 9.17) is 28.9 Å². The first kappa shape index (κ1) is 14.4. The molecule has 1 aromatic rings. The summed E-state index contributed by atoms with van der Waals surface area (Å²) in [7, 11) is 0. The van der Waals surface area contributed by atoms with Crippen LogP contribution in [0.15, 0.2) is 18.2 Å². The summed E-state index contributed by atoms with van der Waals surface area (Å²) in [6.07, 6.45) is 4.62. The quantitative estimate of drug-likeness (QED) is 0.665. The Morgan fingerprint density at radius 2 is 2.18 bits per heavy atom. The second kappa shape index (κ2) is 6.94. The Morgan fingerprint density at radius 3 is 2.82 bits per heavy atom. The number of hydrogen-bond acceptors (Lipinski definition) is 3. The van der Waals surface area contributed by atoms with Gasteiger partial charge in [0.25, 0.3) is 0 Å². The molecule has 0 amide bonds. The number of thioether (sulfide) groups is 1. The van der Waals surface area contributed by atoms with E-state index in [1.165, 1.54) is 11.8 Å². The fourth-order valence-corrected chi connectivity index (χ4v) is 2.27. The SMILES string of the molecule is CC(=O)SCCC=Cc1cc(Cl)cc(Cl)c1N. The molecule has 0 saturated carbocycles. The van der Waals surface area contributed by atoms with Crippen LogP contribution in [0.1, 0.15) is 18.9 Å². The van der Waals surface area contributed by atoms with Crippen LogP contribution in [0.4, 0.5) is 5.69 Å². The minimum Gasteiger partial charge on any atom is -0.397 e. The fourth-order valence-electron chi connectivity index (χ4n) is 1.22. The second-order valence-corrected chi connectivity index (χ2v) is 5.54. The van der Waals surface area contributed by atoms with Crippen molar-refractivity contribution < 1.29 is 4.79 Å². The number of rotatable bonds is 4. The summed E-state index contributed by atoms with van der Waals surface area (Å²) in [5.41, 5.74) is 7.13. The molecule has 0 aliphatic carbocycles. The zero-order valence-corrected chi connectivity index (χ0v) is 11.7. The van der Waals surface area contributed by atoms with Crippen molar-refractivity contribution >= 4 is 51.8 Å². The van der Waals surface area contributed by atoms with Crippen molar-refractivity contribution in [2.24, 2.45) is 0 Å². The summed E-state index contributed by atoms with van der Waals surface area (Å²) < 4.78 is 0. The van der Waals surface area contributed by atoms with Gasteiger partial charge in [0.15, 0.2) is 5.12 Å². The lowest BCUT2D eigenvalue weighted by atomic mass is 10.1. The molecule has 1 aromatic carbocycles. The molecule has 0 saturated heterocycles. The van der Waals surface area contributed by atoms with Crippen molar-refractivity contribution in [2.45, 2.75) is 13.3 Å². The molecule has 2 nitrogen and oxygen atoms in total. The number of nitrogen functional groups attached to an aromatic ring is 1. The van der Waals surface area contributed by atoms with E-state index in [0.29, 0.717) is 15.7 Å². The highest BCUT2D eigenvalue weighted by Crippen LogP contribution is 2.28. The smallest absolute Gasteiger partial charge is 0.185 e. The normalized spacial score (nSPS) is 11.0. The zero-order valence-electron chi connectivity index (χ0n) is 9.37.